The van der Waals surface area contributed by atoms with Crippen LogP contribution in [-0.4, -0.2) is 57.3 Å². The first-order valence-corrected chi connectivity index (χ1v) is 8.88. The van der Waals surface area contributed by atoms with E-state index < -0.39 is 17.6 Å². The topological polar surface area (TPSA) is 89.9 Å². The van der Waals surface area contributed by atoms with Gasteiger partial charge < -0.3 is 20.4 Å². The Morgan fingerprint density at radius 1 is 1.17 bits per heavy atom. The largest absolute Gasteiger partial charge is 0.480 e. The summed E-state index contributed by atoms with van der Waals surface area (Å²) in [5.41, 5.74) is -0.662. The van der Waals surface area contributed by atoms with Gasteiger partial charge in [-0.05, 0) is 63.2 Å². The van der Waals surface area contributed by atoms with E-state index in [4.69, 9.17) is 0 Å². The van der Waals surface area contributed by atoms with E-state index in [1.165, 1.54) is 11.3 Å². The summed E-state index contributed by atoms with van der Waals surface area (Å²) in [5, 5.41) is 23.4. The number of carboxylic acid groups (broad SMARTS) is 1. The van der Waals surface area contributed by atoms with E-state index in [0.29, 0.717) is 24.8 Å². The van der Waals surface area contributed by atoms with Crippen molar-refractivity contribution in [3.8, 4) is 0 Å². The molecule has 5 aliphatic rings. The highest BCUT2D eigenvalue weighted by Gasteiger charge is 2.57. The maximum Gasteiger partial charge on any atom is 0.326 e. The van der Waals surface area contributed by atoms with Crippen LogP contribution in [0.1, 0.15) is 51.4 Å². The van der Waals surface area contributed by atoms with Gasteiger partial charge in [0.25, 0.3) is 0 Å². The minimum absolute atomic E-state index is 0.113. The second-order valence-electron chi connectivity index (χ2n) is 8.40. The van der Waals surface area contributed by atoms with Crippen LogP contribution >= 0.6 is 0 Å². The molecule has 4 saturated carbocycles. The normalized spacial score (nSPS) is 44.7. The van der Waals surface area contributed by atoms with E-state index in [1.807, 2.05) is 0 Å². The van der Waals surface area contributed by atoms with Gasteiger partial charge in [-0.15, -0.1) is 0 Å². The SMILES string of the molecule is O=C(O)[C@@H]1CCCN1C(=O)CNC12CC3CC(CC(O)(C3)C1)C2. The maximum absolute atomic E-state index is 12.5. The van der Waals surface area contributed by atoms with Gasteiger partial charge in [0.05, 0.1) is 12.1 Å². The number of aliphatic carboxylic acids is 1. The molecule has 0 radical (unpaired) electrons. The van der Waals surface area contributed by atoms with E-state index in [9.17, 15) is 19.8 Å². The molecule has 4 bridgehead atoms. The lowest BCUT2D eigenvalue weighted by Gasteiger charge is -2.60. The van der Waals surface area contributed by atoms with Crippen molar-refractivity contribution < 1.29 is 19.8 Å². The zero-order chi connectivity index (χ0) is 16.2. The van der Waals surface area contributed by atoms with Gasteiger partial charge in [-0.25, -0.2) is 4.79 Å². The van der Waals surface area contributed by atoms with Gasteiger partial charge in [0, 0.05) is 12.1 Å². The van der Waals surface area contributed by atoms with Crippen LogP contribution in [0.25, 0.3) is 0 Å². The van der Waals surface area contributed by atoms with Crippen LogP contribution in [0.15, 0.2) is 0 Å². The van der Waals surface area contributed by atoms with Crippen LogP contribution in [0.4, 0.5) is 0 Å². The Labute approximate surface area is 136 Å². The van der Waals surface area contributed by atoms with Gasteiger partial charge in [-0.1, -0.05) is 0 Å². The number of carboxylic acids is 1. The number of carbonyl (C=O) groups excluding carboxylic acids is 1. The van der Waals surface area contributed by atoms with Gasteiger partial charge in [-0.2, -0.15) is 0 Å². The quantitative estimate of drug-likeness (QED) is 0.710. The van der Waals surface area contributed by atoms with Gasteiger partial charge in [-0.3, -0.25) is 4.79 Å². The molecule has 6 nitrogen and oxygen atoms in total. The average Bonchev–Trinajstić information content (AvgIpc) is 2.91. The highest BCUT2D eigenvalue weighted by Crippen LogP contribution is 2.57. The third-order valence-electron chi connectivity index (χ3n) is 6.50. The molecule has 2 unspecified atom stereocenters. The average molecular weight is 322 g/mol. The zero-order valence-corrected chi connectivity index (χ0v) is 13.5. The maximum atomic E-state index is 12.5. The summed E-state index contributed by atoms with van der Waals surface area (Å²) in [6.45, 7) is 0.735. The lowest BCUT2D eigenvalue weighted by atomic mass is 9.51. The van der Waals surface area contributed by atoms with E-state index in [-0.39, 0.29) is 18.0 Å². The van der Waals surface area contributed by atoms with Crippen molar-refractivity contribution in [2.45, 2.75) is 68.5 Å². The van der Waals surface area contributed by atoms with Crippen molar-refractivity contribution in [2.24, 2.45) is 11.8 Å². The standard InChI is InChI=1S/C17H26N2O4/c20-14(19-3-1-2-13(19)15(21)22)9-18-16-5-11-4-12(6-16)8-17(23,7-11)10-16/h11-13,18,23H,1-10H2,(H,21,22)/t11?,12?,13-,16?,17?/m0/s1. The predicted octanol–water partition coefficient (Wildman–Crippen LogP) is 0.735. The van der Waals surface area contributed by atoms with Gasteiger partial charge in [0.2, 0.25) is 5.91 Å². The third-order valence-corrected chi connectivity index (χ3v) is 6.50. The second-order valence-corrected chi connectivity index (χ2v) is 8.40. The Morgan fingerprint density at radius 2 is 1.87 bits per heavy atom. The van der Waals surface area contributed by atoms with Crippen molar-refractivity contribution in [2.75, 3.05) is 13.1 Å². The Morgan fingerprint density at radius 3 is 2.48 bits per heavy atom. The summed E-state index contributed by atoms with van der Waals surface area (Å²) < 4.78 is 0. The Balaban J connectivity index is 1.41. The van der Waals surface area contributed by atoms with Crippen molar-refractivity contribution in [3.05, 3.63) is 0 Å². The molecule has 0 aromatic carbocycles. The number of nitrogens with one attached hydrogen (secondary N) is 1. The number of hydrogen-bond acceptors (Lipinski definition) is 4. The van der Waals surface area contributed by atoms with Crippen LogP contribution in [0.5, 0.6) is 0 Å². The van der Waals surface area contributed by atoms with E-state index in [0.717, 1.165) is 38.5 Å². The molecule has 128 valence electrons. The first-order chi connectivity index (χ1) is 10.9. The summed E-state index contributed by atoms with van der Waals surface area (Å²) in [7, 11) is 0. The van der Waals surface area contributed by atoms with E-state index in [2.05, 4.69) is 5.32 Å². The molecule has 3 N–H and O–H groups in total. The molecule has 4 aliphatic carbocycles. The monoisotopic (exact) mass is 322 g/mol. The van der Waals surface area contributed by atoms with Crippen molar-refractivity contribution in [1.29, 1.82) is 0 Å². The zero-order valence-electron chi connectivity index (χ0n) is 13.5. The van der Waals surface area contributed by atoms with Gasteiger partial charge in [0.1, 0.15) is 6.04 Å². The summed E-state index contributed by atoms with van der Waals surface area (Å²) in [5.74, 6) is 0.127. The number of rotatable bonds is 4. The summed E-state index contributed by atoms with van der Waals surface area (Å²) >= 11 is 0. The first-order valence-electron chi connectivity index (χ1n) is 8.88. The molecule has 6 heteroatoms. The number of amides is 1. The number of carbonyl (C=O) groups is 2. The lowest BCUT2D eigenvalue weighted by molar-refractivity contribution is -0.151. The third kappa shape index (κ3) is 2.66. The highest BCUT2D eigenvalue weighted by molar-refractivity contribution is 5.85. The van der Waals surface area contributed by atoms with Crippen LogP contribution in [0.2, 0.25) is 0 Å². The summed E-state index contributed by atoms with van der Waals surface area (Å²) in [6.07, 6.45) is 7.18. The predicted molar refractivity (Wildman–Crippen MR) is 82.7 cm³/mol. The molecule has 5 rings (SSSR count). The molecular formula is C17H26N2O4. The Kier molecular flexibility index (Phi) is 3.47. The molecule has 0 aromatic heterocycles. The number of hydrogen-bond donors (Lipinski definition) is 3. The molecule has 1 aliphatic heterocycles. The fourth-order valence-corrected chi connectivity index (χ4v) is 6.11. The van der Waals surface area contributed by atoms with Crippen LogP contribution in [0.3, 0.4) is 0 Å². The molecule has 1 amide bonds. The number of nitrogens with zero attached hydrogens (tertiary/aromatic N) is 1. The Hall–Kier alpha value is -1.14. The van der Waals surface area contributed by atoms with E-state index >= 15 is 0 Å². The van der Waals surface area contributed by atoms with Crippen LogP contribution < -0.4 is 5.32 Å². The second kappa shape index (κ2) is 5.18. The van der Waals surface area contributed by atoms with Crippen molar-refractivity contribution in [1.82, 2.24) is 10.2 Å². The molecule has 3 atom stereocenters. The van der Waals surface area contributed by atoms with Crippen LogP contribution in [-0.2, 0) is 9.59 Å². The Bertz CT molecular complexity index is 521. The molecule has 0 aromatic rings. The molecule has 1 heterocycles. The summed E-state index contributed by atoms with van der Waals surface area (Å²) in [6, 6.07) is -0.662. The molecule has 1 saturated heterocycles. The number of aliphatic hydroxyl groups is 1. The minimum Gasteiger partial charge on any atom is -0.480 e. The number of likely N-dealkylation sites (tertiary alicyclic amines) is 1. The summed E-state index contributed by atoms with van der Waals surface area (Å²) in [4.78, 5) is 25.2. The van der Waals surface area contributed by atoms with Crippen molar-refractivity contribution in [3.63, 3.8) is 0 Å². The lowest BCUT2D eigenvalue weighted by Crippen LogP contribution is -2.65. The molecule has 5 fully saturated rings. The van der Waals surface area contributed by atoms with E-state index in [1.54, 1.807) is 0 Å². The molecular weight excluding hydrogens is 296 g/mol. The van der Waals surface area contributed by atoms with Crippen LogP contribution in [0, 0.1) is 11.8 Å². The van der Waals surface area contributed by atoms with Gasteiger partial charge >= 0.3 is 5.97 Å². The fourth-order valence-electron chi connectivity index (χ4n) is 6.11. The fraction of sp³-hybridized carbons (Fsp3) is 0.882. The highest BCUT2D eigenvalue weighted by atomic mass is 16.4. The van der Waals surface area contributed by atoms with Gasteiger partial charge in [0.15, 0.2) is 0 Å². The molecule has 23 heavy (non-hydrogen) atoms. The first kappa shape index (κ1) is 15.4. The molecule has 0 spiro atoms. The smallest absolute Gasteiger partial charge is 0.326 e. The van der Waals surface area contributed by atoms with Crippen molar-refractivity contribution >= 4 is 11.9 Å². The minimum atomic E-state index is -0.903.